The van der Waals surface area contributed by atoms with Gasteiger partial charge in [-0.1, -0.05) is 30.3 Å². The Bertz CT molecular complexity index is 825. The highest BCUT2D eigenvalue weighted by molar-refractivity contribution is 7.85. The second-order valence-electron chi connectivity index (χ2n) is 6.75. The van der Waals surface area contributed by atoms with Gasteiger partial charge in [-0.15, -0.1) is 0 Å². The van der Waals surface area contributed by atoms with Crippen LogP contribution in [0.3, 0.4) is 0 Å². The lowest BCUT2D eigenvalue weighted by molar-refractivity contribution is 0.177. The molecule has 0 bridgehead atoms. The van der Waals surface area contributed by atoms with Gasteiger partial charge in [0.25, 0.3) is 10.1 Å². The van der Waals surface area contributed by atoms with Crippen LogP contribution in [0.1, 0.15) is 5.56 Å². The standard InChI is InChI=1S/C20H26N2O4S/c1-25-20-10-8-18(9-11-20)22-13-12-21(14-17-6-4-3-5-7-17)15-19(22)16-26-27(2,23)24/h3-11,19H,12-16H2,1-2H3. The van der Waals surface area contributed by atoms with Crippen molar-refractivity contribution in [3.05, 3.63) is 60.2 Å². The van der Waals surface area contributed by atoms with E-state index in [0.717, 1.165) is 43.9 Å². The molecule has 1 aliphatic rings. The van der Waals surface area contributed by atoms with Crippen molar-refractivity contribution >= 4 is 15.8 Å². The number of methoxy groups -OCH3 is 1. The molecule has 0 N–H and O–H groups in total. The molecule has 1 atom stereocenters. The Kier molecular flexibility index (Phi) is 6.36. The van der Waals surface area contributed by atoms with Crippen molar-refractivity contribution in [2.45, 2.75) is 12.6 Å². The van der Waals surface area contributed by atoms with Gasteiger partial charge < -0.3 is 9.64 Å². The number of rotatable bonds is 7. The number of ether oxygens (including phenoxy) is 1. The predicted octanol–water partition coefficient (Wildman–Crippen LogP) is 2.36. The molecular formula is C20H26N2O4S. The van der Waals surface area contributed by atoms with Gasteiger partial charge in [-0.2, -0.15) is 8.42 Å². The third-order valence-corrected chi connectivity index (χ3v) is 5.26. The molecule has 2 aromatic carbocycles. The molecule has 1 saturated heterocycles. The van der Waals surface area contributed by atoms with Gasteiger partial charge in [0, 0.05) is 31.9 Å². The third-order valence-electron chi connectivity index (χ3n) is 4.69. The summed E-state index contributed by atoms with van der Waals surface area (Å²) in [5.41, 5.74) is 2.29. The van der Waals surface area contributed by atoms with Gasteiger partial charge in [0.2, 0.25) is 0 Å². The first-order valence-electron chi connectivity index (χ1n) is 8.96. The van der Waals surface area contributed by atoms with E-state index in [4.69, 9.17) is 8.92 Å². The summed E-state index contributed by atoms with van der Waals surface area (Å²) in [4.78, 5) is 4.55. The van der Waals surface area contributed by atoms with Gasteiger partial charge in [0.15, 0.2) is 0 Å². The highest BCUT2D eigenvalue weighted by Crippen LogP contribution is 2.24. The molecule has 1 unspecified atom stereocenters. The SMILES string of the molecule is COc1ccc(N2CCN(Cc3ccccc3)CC2COS(C)(=O)=O)cc1. The first kappa shape index (κ1) is 19.7. The molecule has 1 heterocycles. The Balaban J connectivity index is 1.74. The lowest BCUT2D eigenvalue weighted by Crippen LogP contribution is -2.55. The second kappa shape index (κ2) is 8.73. The number of nitrogens with zero attached hydrogens (tertiary/aromatic N) is 2. The Morgan fingerprint density at radius 1 is 1.04 bits per heavy atom. The quantitative estimate of drug-likeness (QED) is 0.677. The number of benzene rings is 2. The zero-order valence-corrected chi connectivity index (χ0v) is 16.6. The van der Waals surface area contributed by atoms with Gasteiger partial charge in [0.1, 0.15) is 5.75 Å². The summed E-state index contributed by atoms with van der Waals surface area (Å²) in [6.07, 6.45) is 1.09. The van der Waals surface area contributed by atoms with Crippen molar-refractivity contribution in [2.75, 3.05) is 44.5 Å². The van der Waals surface area contributed by atoms with Gasteiger partial charge in [0.05, 0.1) is 26.0 Å². The third kappa shape index (κ3) is 5.69. The smallest absolute Gasteiger partial charge is 0.264 e. The fourth-order valence-corrected chi connectivity index (χ4v) is 3.77. The van der Waals surface area contributed by atoms with E-state index in [9.17, 15) is 8.42 Å². The average molecular weight is 391 g/mol. The molecule has 0 aromatic heterocycles. The van der Waals surface area contributed by atoms with Crippen molar-refractivity contribution in [1.82, 2.24) is 4.90 Å². The van der Waals surface area contributed by atoms with E-state index in [1.54, 1.807) is 7.11 Å². The molecule has 3 rings (SSSR count). The van der Waals surface area contributed by atoms with Crippen molar-refractivity contribution < 1.29 is 17.3 Å². The van der Waals surface area contributed by atoms with Crippen molar-refractivity contribution in [2.24, 2.45) is 0 Å². The van der Waals surface area contributed by atoms with Gasteiger partial charge in [-0.05, 0) is 29.8 Å². The molecule has 146 valence electrons. The van der Waals surface area contributed by atoms with Crippen molar-refractivity contribution in [1.29, 1.82) is 0 Å². The zero-order chi connectivity index (χ0) is 19.3. The van der Waals surface area contributed by atoms with E-state index in [2.05, 4.69) is 21.9 Å². The first-order valence-corrected chi connectivity index (χ1v) is 10.8. The molecule has 0 radical (unpaired) electrons. The maximum atomic E-state index is 11.5. The van der Waals surface area contributed by atoms with Crippen molar-refractivity contribution in [3.8, 4) is 5.75 Å². The topological polar surface area (TPSA) is 59.1 Å². The van der Waals surface area contributed by atoms with Gasteiger partial charge >= 0.3 is 0 Å². The molecule has 0 saturated carbocycles. The minimum atomic E-state index is -3.48. The summed E-state index contributed by atoms with van der Waals surface area (Å²) in [6, 6.07) is 18.1. The molecule has 0 spiro atoms. The molecular weight excluding hydrogens is 364 g/mol. The summed E-state index contributed by atoms with van der Waals surface area (Å²) in [7, 11) is -1.84. The molecule has 1 aliphatic heterocycles. The van der Waals surface area contributed by atoms with E-state index in [1.165, 1.54) is 5.56 Å². The highest BCUT2D eigenvalue weighted by atomic mass is 32.2. The van der Waals surface area contributed by atoms with E-state index in [-0.39, 0.29) is 12.6 Å². The summed E-state index contributed by atoms with van der Waals surface area (Å²) >= 11 is 0. The summed E-state index contributed by atoms with van der Waals surface area (Å²) in [6.45, 7) is 3.41. The van der Waals surface area contributed by atoms with Gasteiger partial charge in [-0.25, -0.2) is 0 Å². The number of hydrogen-bond donors (Lipinski definition) is 0. The highest BCUT2D eigenvalue weighted by Gasteiger charge is 2.28. The minimum absolute atomic E-state index is 0.0504. The van der Waals surface area contributed by atoms with Crippen LogP contribution in [0.2, 0.25) is 0 Å². The van der Waals surface area contributed by atoms with Gasteiger partial charge in [-0.3, -0.25) is 9.08 Å². The van der Waals surface area contributed by atoms with Crippen LogP contribution in [0.25, 0.3) is 0 Å². The van der Waals surface area contributed by atoms with Crippen LogP contribution in [-0.4, -0.2) is 59.0 Å². The Morgan fingerprint density at radius 3 is 2.37 bits per heavy atom. The van der Waals surface area contributed by atoms with Crippen molar-refractivity contribution in [3.63, 3.8) is 0 Å². The number of hydrogen-bond acceptors (Lipinski definition) is 6. The van der Waals surface area contributed by atoms with E-state index in [0.29, 0.717) is 0 Å². The zero-order valence-electron chi connectivity index (χ0n) is 15.7. The lowest BCUT2D eigenvalue weighted by atomic mass is 10.1. The maximum absolute atomic E-state index is 11.5. The van der Waals surface area contributed by atoms with Crippen LogP contribution in [0.5, 0.6) is 5.75 Å². The largest absolute Gasteiger partial charge is 0.497 e. The van der Waals surface area contributed by atoms with E-state index < -0.39 is 10.1 Å². The molecule has 0 amide bonds. The monoisotopic (exact) mass is 390 g/mol. The van der Waals surface area contributed by atoms with Crippen LogP contribution in [0.4, 0.5) is 5.69 Å². The van der Waals surface area contributed by atoms with Crippen LogP contribution in [-0.2, 0) is 20.8 Å². The van der Waals surface area contributed by atoms with Crippen LogP contribution in [0, 0.1) is 0 Å². The Labute approximate surface area is 161 Å². The fraction of sp³-hybridized carbons (Fsp3) is 0.400. The fourth-order valence-electron chi connectivity index (χ4n) is 3.36. The number of piperazine rings is 1. The van der Waals surface area contributed by atoms with Crippen LogP contribution < -0.4 is 9.64 Å². The van der Waals surface area contributed by atoms with Crippen LogP contribution >= 0.6 is 0 Å². The Hall–Kier alpha value is -2.09. The maximum Gasteiger partial charge on any atom is 0.264 e. The minimum Gasteiger partial charge on any atom is -0.497 e. The first-order chi connectivity index (χ1) is 12.9. The summed E-state index contributed by atoms with van der Waals surface area (Å²) < 4.78 is 33.4. The lowest BCUT2D eigenvalue weighted by Gasteiger charge is -2.42. The molecule has 7 heteroatoms. The number of anilines is 1. The second-order valence-corrected chi connectivity index (χ2v) is 8.40. The molecule has 1 fully saturated rings. The summed E-state index contributed by atoms with van der Waals surface area (Å²) in [5.74, 6) is 0.797. The Morgan fingerprint density at radius 2 is 1.74 bits per heavy atom. The normalized spacial score (nSPS) is 18.4. The molecule has 2 aromatic rings. The van der Waals surface area contributed by atoms with E-state index in [1.807, 2.05) is 42.5 Å². The summed E-state index contributed by atoms with van der Waals surface area (Å²) in [5, 5.41) is 0. The molecule has 27 heavy (non-hydrogen) atoms. The predicted molar refractivity (Wildman–Crippen MR) is 107 cm³/mol. The van der Waals surface area contributed by atoms with E-state index >= 15 is 0 Å². The molecule has 6 nitrogen and oxygen atoms in total. The average Bonchev–Trinajstić information content (AvgIpc) is 2.67. The molecule has 0 aliphatic carbocycles. The van der Waals surface area contributed by atoms with Crippen LogP contribution in [0.15, 0.2) is 54.6 Å².